The lowest BCUT2D eigenvalue weighted by Gasteiger charge is -2.32. The summed E-state index contributed by atoms with van der Waals surface area (Å²) in [6.07, 6.45) is 4.48. The molecule has 1 saturated carbocycles. The average molecular weight is 566 g/mol. The summed E-state index contributed by atoms with van der Waals surface area (Å²) in [4.78, 5) is 39.6. The lowest BCUT2D eigenvalue weighted by atomic mass is 10.0. The van der Waals surface area contributed by atoms with Crippen LogP contribution in [0, 0.1) is 10.1 Å². The zero-order valence-corrected chi connectivity index (χ0v) is 23.2. The first-order chi connectivity index (χ1) is 18.9. The van der Waals surface area contributed by atoms with Gasteiger partial charge in [0, 0.05) is 41.9 Å². The molecule has 2 amide bonds. The number of thioether (sulfide) groups is 1. The highest BCUT2D eigenvalue weighted by molar-refractivity contribution is 7.99. The van der Waals surface area contributed by atoms with E-state index >= 15 is 0 Å². The smallest absolute Gasteiger partial charge is 0.269 e. The van der Waals surface area contributed by atoms with Gasteiger partial charge in [0.05, 0.1) is 10.7 Å². The van der Waals surface area contributed by atoms with Crippen molar-refractivity contribution >= 4 is 40.9 Å². The molecule has 39 heavy (non-hydrogen) atoms. The van der Waals surface area contributed by atoms with Crippen molar-refractivity contribution in [3.8, 4) is 0 Å². The number of benzene rings is 3. The number of nitrogens with zero attached hydrogens (tertiary/aromatic N) is 2. The summed E-state index contributed by atoms with van der Waals surface area (Å²) >= 11 is 7.90. The summed E-state index contributed by atoms with van der Waals surface area (Å²) in [5, 5.41) is 14.7. The molecule has 1 N–H and O–H groups in total. The monoisotopic (exact) mass is 565 g/mol. The fraction of sp³-hybridized carbons (Fsp3) is 0.333. The van der Waals surface area contributed by atoms with Gasteiger partial charge in [-0.2, -0.15) is 0 Å². The number of carbonyl (C=O) groups excluding carboxylic acids is 2. The van der Waals surface area contributed by atoms with E-state index in [-0.39, 0.29) is 35.8 Å². The van der Waals surface area contributed by atoms with Crippen LogP contribution in [-0.4, -0.2) is 39.5 Å². The Hall–Kier alpha value is -3.36. The summed E-state index contributed by atoms with van der Waals surface area (Å²) < 4.78 is 0. The van der Waals surface area contributed by atoms with E-state index in [1.807, 2.05) is 48.5 Å². The van der Waals surface area contributed by atoms with Crippen molar-refractivity contribution in [2.45, 2.75) is 56.5 Å². The Labute approximate surface area is 238 Å². The number of nitrogens with one attached hydrogen (secondary N) is 1. The molecule has 1 atom stereocenters. The Morgan fingerprint density at radius 3 is 2.31 bits per heavy atom. The third-order valence-electron chi connectivity index (χ3n) is 6.91. The number of nitro benzene ring substituents is 1. The number of hydrogen-bond donors (Lipinski definition) is 1. The van der Waals surface area contributed by atoms with E-state index in [1.165, 1.54) is 23.9 Å². The minimum Gasteiger partial charge on any atom is -0.352 e. The molecule has 0 heterocycles. The molecule has 3 aromatic rings. The second-order valence-electron chi connectivity index (χ2n) is 9.72. The van der Waals surface area contributed by atoms with Crippen LogP contribution in [-0.2, 0) is 28.3 Å². The van der Waals surface area contributed by atoms with Crippen molar-refractivity contribution in [3.05, 3.63) is 111 Å². The van der Waals surface area contributed by atoms with Gasteiger partial charge < -0.3 is 10.2 Å². The normalized spacial score (nSPS) is 14.1. The molecule has 0 unspecified atom stereocenters. The van der Waals surface area contributed by atoms with Gasteiger partial charge in [-0.15, -0.1) is 11.8 Å². The van der Waals surface area contributed by atoms with Crippen LogP contribution in [0.4, 0.5) is 5.69 Å². The fourth-order valence-electron chi connectivity index (χ4n) is 4.78. The number of hydrogen-bond acceptors (Lipinski definition) is 5. The van der Waals surface area contributed by atoms with Crippen molar-refractivity contribution in [1.29, 1.82) is 0 Å². The van der Waals surface area contributed by atoms with Gasteiger partial charge in [-0.1, -0.05) is 85.1 Å². The fourth-order valence-corrected chi connectivity index (χ4v) is 5.85. The second-order valence-corrected chi connectivity index (χ2v) is 11.1. The Morgan fingerprint density at radius 1 is 0.974 bits per heavy atom. The summed E-state index contributed by atoms with van der Waals surface area (Å²) in [5.41, 5.74) is 2.66. The van der Waals surface area contributed by atoms with Crippen LogP contribution in [0.25, 0.3) is 0 Å². The number of nitro groups is 1. The minimum atomic E-state index is -0.697. The predicted molar refractivity (Wildman–Crippen MR) is 156 cm³/mol. The molecule has 204 valence electrons. The van der Waals surface area contributed by atoms with E-state index in [2.05, 4.69) is 5.32 Å². The first-order valence-corrected chi connectivity index (χ1v) is 14.6. The number of carbonyl (C=O) groups is 2. The highest BCUT2D eigenvalue weighted by Crippen LogP contribution is 2.24. The number of halogens is 1. The van der Waals surface area contributed by atoms with Crippen molar-refractivity contribution in [1.82, 2.24) is 10.2 Å². The van der Waals surface area contributed by atoms with Gasteiger partial charge in [0.2, 0.25) is 11.8 Å². The van der Waals surface area contributed by atoms with Crippen LogP contribution in [0.2, 0.25) is 5.02 Å². The highest BCUT2D eigenvalue weighted by Gasteiger charge is 2.32. The topological polar surface area (TPSA) is 92.6 Å². The molecule has 9 heteroatoms. The molecular formula is C30H32ClN3O4S. The maximum absolute atomic E-state index is 13.8. The Kier molecular flexibility index (Phi) is 10.4. The number of rotatable bonds is 12. The third kappa shape index (κ3) is 8.31. The molecule has 0 saturated heterocycles. The first-order valence-electron chi connectivity index (χ1n) is 13.1. The van der Waals surface area contributed by atoms with Gasteiger partial charge in [-0.25, -0.2) is 0 Å². The lowest BCUT2D eigenvalue weighted by Crippen LogP contribution is -2.52. The quantitative estimate of drug-likeness (QED) is 0.209. The van der Waals surface area contributed by atoms with E-state index in [1.54, 1.807) is 23.1 Å². The molecule has 0 aromatic heterocycles. The average Bonchev–Trinajstić information content (AvgIpc) is 3.45. The lowest BCUT2D eigenvalue weighted by molar-refractivity contribution is -0.384. The molecule has 1 aliphatic carbocycles. The molecule has 1 aliphatic rings. The molecule has 3 aromatic carbocycles. The second kappa shape index (κ2) is 14.1. The van der Waals surface area contributed by atoms with Gasteiger partial charge in [-0.05, 0) is 35.6 Å². The Bertz CT molecular complexity index is 1270. The van der Waals surface area contributed by atoms with E-state index in [9.17, 15) is 19.7 Å². The van der Waals surface area contributed by atoms with Gasteiger partial charge in [0.15, 0.2) is 0 Å². The summed E-state index contributed by atoms with van der Waals surface area (Å²) in [6, 6.07) is 22.9. The van der Waals surface area contributed by atoms with Crippen molar-refractivity contribution in [3.63, 3.8) is 0 Å². The van der Waals surface area contributed by atoms with Crippen molar-refractivity contribution in [2.24, 2.45) is 0 Å². The SMILES string of the molecule is O=C(NC1CCCC1)[C@H](Cc1ccccc1)N(Cc1ccccc1Cl)C(=O)CSCc1ccc([N+](=O)[O-])cc1. The van der Waals surface area contributed by atoms with E-state index in [4.69, 9.17) is 11.6 Å². The predicted octanol–water partition coefficient (Wildman–Crippen LogP) is 6.18. The Balaban J connectivity index is 1.55. The summed E-state index contributed by atoms with van der Waals surface area (Å²) in [6.45, 7) is 0.214. The highest BCUT2D eigenvalue weighted by atomic mass is 35.5. The van der Waals surface area contributed by atoms with Crippen LogP contribution in [0.15, 0.2) is 78.9 Å². The minimum absolute atomic E-state index is 0.0303. The molecule has 0 bridgehead atoms. The number of non-ortho nitro benzene ring substituents is 1. The van der Waals surface area contributed by atoms with Gasteiger partial charge in [0.1, 0.15) is 6.04 Å². The zero-order chi connectivity index (χ0) is 27.6. The van der Waals surface area contributed by atoms with E-state index in [0.717, 1.165) is 42.4 Å². The first kappa shape index (κ1) is 28.6. The third-order valence-corrected chi connectivity index (χ3v) is 8.27. The standard InChI is InChI=1S/C30H32ClN3O4S/c31-27-13-7-4-10-24(27)19-33(29(35)21-39-20-23-14-16-26(17-15-23)34(37)38)28(18-22-8-2-1-3-9-22)30(36)32-25-11-5-6-12-25/h1-4,7-10,13-17,25,28H,5-6,11-12,18-21H2,(H,32,36)/t28-/m0/s1. The van der Waals surface area contributed by atoms with Crippen LogP contribution >= 0.6 is 23.4 Å². The molecule has 0 radical (unpaired) electrons. The van der Waals surface area contributed by atoms with Crippen molar-refractivity contribution in [2.75, 3.05) is 5.75 Å². The van der Waals surface area contributed by atoms with Crippen molar-refractivity contribution < 1.29 is 14.5 Å². The van der Waals surface area contributed by atoms with E-state index in [0.29, 0.717) is 17.2 Å². The van der Waals surface area contributed by atoms with E-state index < -0.39 is 11.0 Å². The molecule has 0 aliphatic heterocycles. The molecule has 4 rings (SSSR count). The summed E-state index contributed by atoms with van der Waals surface area (Å²) in [7, 11) is 0. The maximum atomic E-state index is 13.8. The van der Waals surface area contributed by atoms with Crippen LogP contribution in [0.5, 0.6) is 0 Å². The molecule has 0 spiro atoms. The van der Waals surface area contributed by atoms with Crippen LogP contribution < -0.4 is 5.32 Å². The molecule has 7 nitrogen and oxygen atoms in total. The summed E-state index contributed by atoms with van der Waals surface area (Å²) in [5.74, 6) is 0.362. The Morgan fingerprint density at radius 2 is 1.64 bits per heavy atom. The molecule has 1 fully saturated rings. The van der Waals surface area contributed by atoms with Crippen LogP contribution in [0.3, 0.4) is 0 Å². The van der Waals surface area contributed by atoms with Gasteiger partial charge in [-0.3, -0.25) is 19.7 Å². The maximum Gasteiger partial charge on any atom is 0.269 e. The molecular weight excluding hydrogens is 534 g/mol. The largest absolute Gasteiger partial charge is 0.352 e. The van der Waals surface area contributed by atoms with Gasteiger partial charge >= 0.3 is 0 Å². The zero-order valence-electron chi connectivity index (χ0n) is 21.6. The van der Waals surface area contributed by atoms with Gasteiger partial charge in [0.25, 0.3) is 5.69 Å². The number of amides is 2. The van der Waals surface area contributed by atoms with Crippen LogP contribution in [0.1, 0.15) is 42.4 Å².